The summed E-state index contributed by atoms with van der Waals surface area (Å²) in [6, 6.07) is 13.7. The predicted molar refractivity (Wildman–Crippen MR) is 151 cm³/mol. The molecule has 0 spiro atoms. The van der Waals surface area contributed by atoms with Gasteiger partial charge in [-0.05, 0) is 55.8 Å². The Balaban J connectivity index is 1.49. The van der Waals surface area contributed by atoms with Gasteiger partial charge in [0.15, 0.2) is 11.3 Å². The van der Waals surface area contributed by atoms with Gasteiger partial charge in [0.1, 0.15) is 11.3 Å². The summed E-state index contributed by atoms with van der Waals surface area (Å²) < 4.78 is 49.7. The molecule has 1 saturated heterocycles. The summed E-state index contributed by atoms with van der Waals surface area (Å²) in [5.74, 6) is 0.112. The molecule has 0 unspecified atom stereocenters. The predicted octanol–water partition coefficient (Wildman–Crippen LogP) is 5.37. The van der Waals surface area contributed by atoms with E-state index in [1.165, 1.54) is 14.0 Å². The maximum absolute atomic E-state index is 14.3. The molecule has 41 heavy (non-hydrogen) atoms. The second-order valence-corrected chi connectivity index (χ2v) is 11.0. The van der Waals surface area contributed by atoms with Crippen LogP contribution in [0.3, 0.4) is 0 Å². The van der Waals surface area contributed by atoms with Crippen LogP contribution >= 0.6 is 15.9 Å². The number of halogens is 4. The topological polar surface area (TPSA) is 83.2 Å². The van der Waals surface area contributed by atoms with Crippen LogP contribution in [0.15, 0.2) is 59.2 Å². The van der Waals surface area contributed by atoms with Gasteiger partial charge in [-0.1, -0.05) is 28.1 Å². The fourth-order valence-electron chi connectivity index (χ4n) is 5.46. The zero-order chi connectivity index (χ0) is 29.5. The average Bonchev–Trinajstić information content (AvgIpc) is 3.35. The summed E-state index contributed by atoms with van der Waals surface area (Å²) in [5, 5.41) is 14.1. The monoisotopic (exact) mass is 631 g/mol. The summed E-state index contributed by atoms with van der Waals surface area (Å²) in [5.41, 5.74) is 0.279. The van der Waals surface area contributed by atoms with E-state index in [0.717, 1.165) is 16.2 Å². The van der Waals surface area contributed by atoms with E-state index in [1.54, 1.807) is 29.2 Å². The van der Waals surface area contributed by atoms with E-state index in [0.29, 0.717) is 35.5 Å². The molecule has 1 amide bonds. The lowest BCUT2D eigenvalue weighted by atomic mass is 10.0. The highest BCUT2D eigenvalue weighted by molar-refractivity contribution is 9.10. The molecule has 2 atom stereocenters. The lowest BCUT2D eigenvalue weighted by Crippen LogP contribution is -2.55. The van der Waals surface area contributed by atoms with E-state index in [9.17, 15) is 23.1 Å². The number of amides is 1. The van der Waals surface area contributed by atoms with Crippen molar-refractivity contribution >= 4 is 27.5 Å². The van der Waals surface area contributed by atoms with Crippen LogP contribution < -0.4 is 4.74 Å². The Labute approximate surface area is 243 Å². The van der Waals surface area contributed by atoms with E-state index < -0.39 is 17.8 Å². The number of carbonyl (C=O) groups excluding carboxylic acids is 1. The molecule has 8 nitrogen and oxygen atoms in total. The molecule has 0 aliphatic carbocycles. The second kappa shape index (κ2) is 11.4. The molecule has 0 saturated carbocycles. The van der Waals surface area contributed by atoms with E-state index in [1.807, 2.05) is 31.2 Å². The first kappa shape index (κ1) is 29.0. The van der Waals surface area contributed by atoms with Crippen molar-refractivity contribution in [3.8, 4) is 17.0 Å². The number of alkyl halides is 3. The molecule has 1 aliphatic rings. The van der Waals surface area contributed by atoms with E-state index in [-0.39, 0.29) is 41.2 Å². The molecule has 3 heterocycles. The van der Waals surface area contributed by atoms with Crippen molar-refractivity contribution in [2.24, 2.45) is 0 Å². The minimum absolute atomic E-state index is 0.00346. The Kier molecular flexibility index (Phi) is 8.09. The number of fused-ring (bicyclic) bond motifs is 1. The van der Waals surface area contributed by atoms with Crippen LogP contribution in [0, 0.1) is 6.92 Å². The van der Waals surface area contributed by atoms with Crippen LogP contribution in [-0.4, -0.2) is 74.8 Å². The molecule has 12 heteroatoms. The summed E-state index contributed by atoms with van der Waals surface area (Å²) in [4.78, 5) is 22.1. The largest absolute Gasteiger partial charge is 0.497 e. The van der Waals surface area contributed by atoms with Gasteiger partial charge >= 0.3 is 6.18 Å². The van der Waals surface area contributed by atoms with Crippen molar-refractivity contribution in [1.29, 1.82) is 0 Å². The van der Waals surface area contributed by atoms with E-state index in [2.05, 4.69) is 30.9 Å². The molecule has 2 aromatic heterocycles. The molecule has 1 aliphatic heterocycles. The number of ether oxygens (including phenoxy) is 1. The van der Waals surface area contributed by atoms with Gasteiger partial charge in [0.2, 0.25) is 0 Å². The lowest BCUT2D eigenvalue weighted by molar-refractivity contribution is -0.143. The standard InChI is InChI=1S/C29H29BrF3N5O3/c1-17-15-36(24(16-39)20-5-4-6-21(30)13-20)11-12-37(17)28(40)23-14-34-38-26(29(31,32)33)18(2)25(35-27(23)38)19-7-9-22(41-3)10-8-19/h4-10,13-14,17,24,39H,11-12,15-16H2,1-3H3/t17-,24+/m1/s1. The fraction of sp³-hybridized carbons (Fsp3) is 0.345. The van der Waals surface area contributed by atoms with Gasteiger partial charge in [-0.2, -0.15) is 18.3 Å². The SMILES string of the molecule is COc1ccc(-c2nc3c(C(=O)N4CCN([C@@H](CO)c5cccc(Br)c5)C[C@H]4C)cnn3c(C(F)(F)F)c2C)cc1. The van der Waals surface area contributed by atoms with Gasteiger partial charge in [0.25, 0.3) is 5.91 Å². The van der Waals surface area contributed by atoms with Gasteiger partial charge in [0, 0.05) is 41.3 Å². The number of aliphatic hydroxyl groups is 1. The normalized spacial score (nSPS) is 17.2. The molecule has 1 fully saturated rings. The summed E-state index contributed by atoms with van der Waals surface area (Å²) in [6.07, 6.45) is -3.57. The van der Waals surface area contributed by atoms with Crippen LogP contribution in [0.25, 0.3) is 16.9 Å². The molecule has 0 radical (unpaired) electrons. The zero-order valence-electron chi connectivity index (χ0n) is 22.7. The Morgan fingerprint density at radius 2 is 1.93 bits per heavy atom. The quantitative estimate of drug-likeness (QED) is 0.308. The highest BCUT2D eigenvalue weighted by atomic mass is 79.9. The summed E-state index contributed by atoms with van der Waals surface area (Å²) in [7, 11) is 1.50. The van der Waals surface area contributed by atoms with Crippen molar-refractivity contribution in [1.82, 2.24) is 24.4 Å². The lowest BCUT2D eigenvalue weighted by Gasteiger charge is -2.43. The number of aliphatic hydroxyl groups excluding tert-OH is 1. The highest BCUT2D eigenvalue weighted by Gasteiger charge is 2.39. The van der Waals surface area contributed by atoms with Crippen LogP contribution in [0.1, 0.15) is 40.1 Å². The second-order valence-electron chi connectivity index (χ2n) is 10.0. The Hall–Kier alpha value is -3.48. The number of nitrogens with zero attached hydrogens (tertiary/aromatic N) is 5. The van der Waals surface area contributed by atoms with Crippen LogP contribution in [0.4, 0.5) is 13.2 Å². The Morgan fingerprint density at radius 1 is 1.20 bits per heavy atom. The third kappa shape index (κ3) is 5.55. The van der Waals surface area contributed by atoms with Crippen LogP contribution in [0.5, 0.6) is 5.75 Å². The Morgan fingerprint density at radius 3 is 2.54 bits per heavy atom. The van der Waals surface area contributed by atoms with Crippen molar-refractivity contribution in [2.45, 2.75) is 32.1 Å². The molecule has 2 aromatic carbocycles. The molecular weight excluding hydrogens is 603 g/mol. The zero-order valence-corrected chi connectivity index (χ0v) is 24.3. The first-order valence-electron chi connectivity index (χ1n) is 13.0. The molecule has 4 aromatic rings. The van der Waals surface area contributed by atoms with Crippen molar-refractivity contribution in [2.75, 3.05) is 33.4 Å². The number of aromatic nitrogens is 3. The number of piperazine rings is 1. The van der Waals surface area contributed by atoms with Crippen LogP contribution in [-0.2, 0) is 6.18 Å². The van der Waals surface area contributed by atoms with Gasteiger partial charge in [-0.3, -0.25) is 9.69 Å². The highest BCUT2D eigenvalue weighted by Crippen LogP contribution is 2.37. The Bertz CT molecular complexity index is 1570. The number of carbonyl (C=O) groups is 1. The number of hydrogen-bond donors (Lipinski definition) is 1. The first-order valence-corrected chi connectivity index (χ1v) is 13.8. The van der Waals surface area contributed by atoms with Crippen LogP contribution in [0.2, 0.25) is 0 Å². The summed E-state index contributed by atoms with van der Waals surface area (Å²) in [6.45, 7) is 4.41. The first-order chi connectivity index (χ1) is 19.5. The van der Waals surface area contributed by atoms with Crippen molar-refractivity contribution < 1.29 is 27.8 Å². The van der Waals surface area contributed by atoms with Gasteiger partial charge in [0.05, 0.1) is 31.6 Å². The minimum Gasteiger partial charge on any atom is -0.497 e. The molecule has 1 N–H and O–H groups in total. The third-order valence-electron chi connectivity index (χ3n) is 7.51. The number of rotatable bonds is 6. The van der Waals surface area contributed by atoms with Gasteiger partial charge in [-0.15, -0.1) is 0 Å². The molecular formula is C29H29BrF3N5O3. The maximum atomic E-state index is 14.3. The van der Waals surface area contributed by atoms with Gasteiger partial charge < -0.3 is 14.7 Å². The smallest absolute Gasteiger partial charge is 0.433 e. The average molecular weight is 632 g/mol. The summed E-state index contributed by atoms with van der Waals surface area (Å²) >= 11 is 3.47. The third-order valence-corrected chi connectivity index (χ3v) is 8.01. The van der Waals surface area contributed by atoms with E-state index >= 15 is 0 Å². The molecule has 0 bridgehead atoms. The number of hydrogen-bond acceptors (Lipinski definition) is 6. The van der Waals surface area contributed by atoms with Crippen molar-refractivity contribution in [3.05, 3.63) is 81.6 Å². The van der Waals surface area contributed by atoms with Gasteiger partial charge in [-0.25, -0.2) is 9.50 Å². The maximum Gasteiger partial charge on any atom is 0.433 e. The fourth-order valence-corrected chi connectivity index (χ4v) is 5.88. The van der Waals surface area contributed by atoms with Crippen molar-refractivity contribution in [3.63, 3.8) is 0 Å². The number of benzene rings is 2. The molecule has 216 valence electrons. The molecule has 5 rings (SSSR count). The minimum atomic E-state index is -4.73. The number of methoxy groups -OCH3 is 1. The van der Waals surface area contributed by atoms with E-state index in [4.69, 9.17) is 4.74 Å².